The van der Waals surface area contributed by atoms with Gasteiger partial charge in [0.05, 0.1) is 19.1 Å². The summed E-state index contributed by atoms with van der Waals surface area (Å²) in [6.07, 6.45) is 10.4. The number of thioether (sulfide) groups is 1. The Morgan fingerprint density at radius 2 is 2.08 bits per heavy atom. The minimum absolute atomic E-state index is 0.0371. The van der Waals surface area contributed by atoms with Crippen LogP contribution in [-0.4, -0.2) is 35.9 Å². The predicted octanol–water partition coefficient (Wildman–Crippen LogP) is 4.35. The van der Waals surface area contributed by atoms with Crippen molar-refractivity contribution in [3.05, 3.63) is 46.9 Å². The standard InChI is InChI=1S/C20H23NO3S2/c1-23-16-9-8-15(12-17(16)24-2)10-11-21-19(22)18(26-20(21)25)13-14-6-4-3-5-7-14/h3-4,8-9,12-14H,5-7,10-11H2,1-2H3/b18-13-/t14-/m0/s1. The van der Waals surface area contributed by atoms with E-state index in [9.17, 15) is 4.79 Å². The summed E-state index contributed by atoms with van der Waals surface area (Å²) in [5, 5.41) is 0. The van der Waals surface area contributed by atoms with E-state index < -0.39 is 0 Å². The van der Waals surface area contributed by atoms with Gasteiger partial charge in [0.1, 0.15) is 4.32 Å². The molecule has 2 aliphatic rings. The molecule has 1 atom stereocenters. The van der Waals surface area contributed by atoms with Crippen molar-refractivity contribution in [3.8, 4) is 11.5 Å². The van der Waals surface area contributed by atoms with Crippen LogP contribution in [0.4, 0.5) is 0 Å². The molecule has 1 amide bonds. The van der Waals surface area contributed by atoms with Crippen molar-refractivity contribution in [2.45, 2.75) is 25.7 Å². The Kier molecular flexibility index (Phi) is 6.38. The first kappa shape index (κ1) is 19.0. The first-order chi connectivity index (χ1) is 12.6. The number of thiocarbonyl (C=S) groups is 1. The second-order valence-corrected chi connectivity index (χ2v) is 8.02. The van der Waals surface area contributed by atoms with Crippen molar-refractivity contribution in [1.82, 2.24) is 4.90 Å². The van der Waals surface area contributed by atoms with E-state index in [1.165, 1.54) is 11.8 Å². The van der Waals surface area contributed by atoms with Gasteiger partial charge in [-0.3, -0.25) is 9.69 Å². The number of methoxy groups -OCH3 is 2. The third kappa shape index (κ3) is 4.30. The van der Waals surface area contributed by atoms with Gasteiger partial charge in [0, 0.05) is 6.54 Å². The smallest absolute Gasteiger partial charge is 0.265 e. The van der Waals surface area contributed by atoms with Gasteiger partial charge in [0.15, 0.2) is 11.5 Å². The van der Waals surface area contributed by atoms with Crippen molar-refractivity contribution in [1.29, 1.82) is 0 Å². The van der Waals surface area contributed by atoms with Crippen LogP contribution in [0.3, 0.4) is 0 Å². The van der Waals surface area contributed by atoms with E-state index >= 15 is 0 Å². The summed E-state index contributed by atoms with van der Waals surface area (Å²) in [6, 6.07) is 5.82. The number of allylic oxidation sites excluding steroid dienone is 3. The Morgan fingerprint density at radius 1 is 1.27 bits per heavy atom. The van der Waals surface area contributed by atoms with Gasteiger partial charge in [-0.05, 0) is 49.3 Å². The average Bonchev–Trinajstić information content (AvgIpc) is 2.93. The third-order valence-electron chi connectivity index (χ3n) is 4.64. The zero-order valence-corrected chi connectivity index (χ0v) is 16.7. The molecule has 1 fully saturated rings. The Bertz CT molecular complexity index is 757. The van der Waals surface area contributed by atoms with Crippen molar-refractivity contribution in [3.63, 3.8) is 0 Å². The quantitative estimate of drug-likeness (QED) is 0.411. The Morgan fingerprint density at radius 3 is 2.77 bits per heavy atom. The summed E-state index contributed by atoms with van der Waals surface area (Å²) in [4.78, 5) is 15.2. The lowest BCUT2D eigenvalue weighted by Crippen LogP contribution is -2.30. The SMILES string of the molecule is COc1ccc(CCN2C(=O)/C(=C/[C@H]3CC=CCC3)SC2=S)cc1OC. The molecule has 1 aromatic carbocycles. The van der Waals surface area contributed by atoms with Crippen LogP contribution < -0.4 is 9.47 Å². The number of hydrogen-bond acceptors (Lipinski definition) is 5. The minimum atomic E-state index is 0.0371. The number of amides is 1. The molecule has 1 heterocycles. The first-order valence-corrected chi connectivity index (χ1v) is 9.96. The second kappa shape index (κ2) is 8.73. The lowest BCUT2D eigenvalue weighted by Gasteiger charge is -2.16. The zero-order valence-electron chi connectivity index (χ0n) is 15.1. The van der Waals surface area contributed by atoms with Crippen molar-refractivity contribution in [2.75, 3.05) is 20.8 Å². The molecule has 1 aliphatic heterocycles. The van der Waals surface area contributed by atoms with Crippen LogP contribution in [0.2, 0.25) is 0 Å². The lowest BCUT2D eigenvalue weighted by atomic mass is 9.94. The van der Waals surface area contributed by atoms with Crippen LogP contribution in [-0.2, 0) is 11.2 Å². The number of nitrogens with zero attached hydrogens (tertiary/aromatic N) is 1. The number of carbonyl (C=O) groups is 1. The molecular formula is C20H23NO3S2. The van der Waals surface area contributed by atoms with E-state index in [-0.39, 0.29) is 5.91 Å². The summed E-state index contributed by atoms with van der Waals surface area (Å²) in [7, 11) is 3.24. The molecule has 1 saturated heterocycles. The third-order valence-corrected chi connectivity index (χ3v) is 6.04. The molecule has 6 heteroatoms. The molecule has 1 aliphatic carbocycles. The van der Waals surface area contributed by atoms with E-state index in [1.54, 1.807) is 19.1 Å². The molecule has 138 valence electrons. The summed E-state index contributed by atoms with van der Waals surface area (Å²) in [5.41, 5.74) is 1.08. The highest BCUT2D eigenvalue weighted by Gasteiger charge is 2.32. The van der Waals surface area contributed by atoms with Gasteiger partial charge < -0.3 is 9.47 Å². The van der Waals surface area contributed by atoms with Crippen LogP contribution >= 0.6 is 24.0 Å². The van der Waals surface area contributed by atoms with Gasteiger partial charge in [-0.15, -0.1) is 0 Å². The highest BCUT2D eigenvalue weighted by Crippen LogP contribution is 2.34. The molecule has 0 aromatic heterocycles. The maximum Gasteiger partial charge on any atom is 0.265 e. The number of benzene rings is 1. The van der Waals surface area contributed by atoms with Crippen LogP contribution in [0, 0.1) is 5.92 Å². The molecule has 0 spiro atoms. The van der Waals surface area contributed by atoms with Crippen molar-refractivity contribution in [2.24, 2.45) is 5.92 Å². The highest BCUT2D eigenvalue weighted by atomic mass is 32.2. The molecule has 0 bridgehead atoms. The molecular weight excluding hydrogens is 366 g/mol. The Balaban J connectivity index is 1.65. The number of ether oxygens (including phenoxy) is 2. The van der Waals surface area contributed by atoms with Crippen LogP contribution in [0.1, 0.15) is 24.8 Å². The summed E-state index contributed by atoms with van der Waals surface area (Å²) >= 11 is 6.86. The molecule has 3 rings (SSSR count). The summed E-state index contributed by atoms with van der Waals surface area (Å²) < 4.78 is 11.3. The van der Waals surface area contributed by atoms with Gasteiger partial charge in [0.2, 0.25) is 0 Å². The van der Waals surface area contributed by atoms with Crippen LogP contribution in [0.25, 0.3) is 0 Å². The van der Waals surface area contributed by atoms with Gasteiger partial charge in [-0.2, -0.15) is 0 Å². The monoisotopic (exact) mass is 389 g/mol. The predicted molar refractivity (Wildman–Crippen MR) is 110 cm³/mol. The second-order valence-electron chi connectivity index (χ2n) is 6.34. The molecule has 0 saturated carbocycles. The average molecular weight is 390 g/mol. The maximum absolute atomic E-state index is 12.7. The van der Waals surface area contributed by atoms with Crippen LogP contribution in [0.5, 0.6) is 11.5 Å². The van der Waals surface area contributed by atoms with E-state index in [0.717, 1.165) is 29.7 Å². The molecule has 26 heavy (non-hydrogen) atoms. The molecule has 0 N–H and O–H groups in total. The number of carbonyl (C=O) groups excluding carboxylic acids is 1. The Labute approximate surface area is 164 Å². The molecule has 4 nitrogen and oxygen atoms in total. The van der Waals surface area contributed by atoms with E-state index in [2.05, 4.69) is 18.2 Å². The normalized spacial score (nSPS) is 21.5. The van der Waals surface area contributed by atoms with E-state index in [0.29, 0.717) is 34.7 Å². The lowest BCUT2D eigenvalue weighted by molar-refractivity contribution is -0.122. The largest absolute Gasteiger partial charge is 0.493 e. The van der Waals surface area contributed by atoms with Gasteiger partial charge in [0.25, 0.3) is 5.91 Å². The number of hydrogen-bond donors (Lipinski definition) is 0. The fourth-order valence-corrected chi connectivity index (χ4v) is 4.54. The van der Waals surface area contributed by atoms with E-state index in [1.807, 2.05) is 18.2 Å². The van der Waals surface area contributed by atoms with Gasteiger partial charge >= 0.3 is 0 Å². The topological polar surface area (TPSA) is 38.8 Å². The summed E-state index contributed by atoms with van der Waals surface area (Å²) in [6.45, 7) is 0.571. The fourth-order valence-electron chi connectivity index (χ4n) is 3.17. The van der Waals surface area contributed by atoms with Crippen molar-refractivity contribution < 1.29 is 14.3 Å². The minimum Gasteiger partial charge on any atom is -0.493 e. The Hall–Kier alpha value is -1.79. The van der Waals surface area contributed by atoms with Crippen LogP contribution in [0.15, 0.2) is 41.3 Å². The molecule has 0 unspecified atom stereocenters. The van der Waals surface area contributed by atoms with Crippen molar-refractivity contribution >= 4 is 34.2 Å². The number of rotatable bonds is 6. The molecule has 0 radical (unpaired) electrons. The summed E-state index contributed by atoms with van der Waals surface area (Å²) in [5.74, 6) is 1.88. The van der Waals surface area contributed by atoms with Gasteiger partial charge in [-0.25, -0.2) is 0 Å². The molecule has 1 aromatic rings. The van der Waals surface area contributed by atoms with Gasteiger partial charge in [-0.1, -0.05) is 48.3 Å². The van der Waals surface area contributed by atoms with E-state index in [4.69, 9.17) is 21.7 Å². The maximum atomic E-state index is 12.7. The highest BCUT2D eigenvalue weighted by molar-refractivity contribution is 8.26. The fraction of sp³-hybridized carbons (Fsp3) is 0.400. The first-order valence-electron chi connectivity index (χ1n) is 8.73. The zero-order chi connectivity index (χ0) is 18.5.